The van der Waals surface area contributed by atoms with Crippen molar-refractivity contribution in [3.8, 4) is 23.0 Å². The lowest BCUT2D eigenvalue weighted by molar-refractivity contribution is -0.219. The van der Waals surface area contributed by atoms with Gasteiger partial charge in [0.25, 0.3) is 0 Å². The van der Waals surface area contributed by atoms with E-state index in [0.717, 1.165) is 75.4 Å². The minimum atomic E-state index is -1.49. The molecule has 15 nitrogen and oxygen atoms in total. The van der Waals surface area contributed by atoms with E-state index in [1.165, 1.54) is 36.4 Å². The monoisotopic (exact) mass is 1280 g/mol. The van der Waals surface area contributed by atoms with Crippen molar-refractivity contribution in [1.29, 1.82) is 0 Å². The second-order valence-corrected chi connectivity index (χ2v) is 36.3. The molecule has 1 heterocycles. The first-order valence-corrected chi connectivity index (χ1v) is 35.6. The Labute approximate surface area is 550 Å². The smallest absolute Gasteiger partial charge is 0.312 e. The number of aliphatic carboxylic acids is 2. The maximum Gasteiger partial charge on any atom is 0.312 e. The van der Waals surface area contributed by atoms with Gasteiger partial charge in [-0.1, -0.05) is 119 Å². The van der Waals surface area contributed by atoms with Crippen LogP contribution >= 0.6 is 0 Å². The normalized spacial score (nSPS) is 44.7. The van der Waals surface area contributed by atoms with E-state index in [0.29, 0.717) is 64.2 Å². The fourth-order valence-electron chi connectivity index (χ4n) is 25.3. The lowest BCUT2D eigenvalue weighted by Gasteiger charge is -2.71. The van der Waals surface area contributed by atoms with Crippen LogP contribution in [0.2, 0.25) is 0 Å². The molecule has 9 fully saturated rings. The summed E-state index contributed by atoms with van der Waals surface area (Å²) in [6.07, 6.45) is 14.2. The number of aromatic hydroxyl groups is 4. The number of carboxylic acids is 2. The summed E-state index contributed by atoms with van der Waals surface area (Å²) in [7, 11) is 0. The lowest BCUT2D eigenvalue weighted by Crippen LogP contribution is -2.66. The molecule has 15 heteroatoms. The molecule has 1 saturated heterocycles. The fourth-order valence-corrected chi connectivity index (χ4v) is 25.3. The predicted octanol–water partition coefficient (Wildman–Crippen LogP) is 15.1. The quantitative estimate of drug-likeness (QED) is 0.0625. The van der Waals surface area contributed by atoms with Crippen molar-refractivity contribution in [2.24, 2.45) is 112 Å². The Hall–Kier alpha value is -5.12. The first kappa shape index (κ1) is 66.5. The molecule has 510 valence electrons. The van der Waals surface area contributed by atoms with E-state index >= 15 is 9.59 Å². The molecule has 11 aliphatic rings. The molecule has 8 N–H and O–H groups in total. The molecule has 13 rings (SSSR count). The zero-order chi connectivity index (χ0) is 67.2. The van der Waals surface area contributed by atoms with E-state index in [4.69, 9.17) is 14.2 Å². The Bertz CT molecular complexity index is 3230. The van der Waals surface area contributed by atoms with Crippen molar-refractivity contribution in [3.63, 3.8) is 0 Å². The van der Waals surface area contributed by atoms with Crippen LogP contribution in [0.1, 0.15) is 235 Å². The number of carbonyl (C=O) groups excluding carboxylic acids is 2. The molecule has 8 saturated carbocycles. The number of allylic oxidation sites excluding steroid dienone is 2. The summed E-state index contributed by atoms with van der Waals surface area (Å²) in [6.45, 7) is 27.0. The number of carboxylic acid groups (broad SMARTS) is 2. The molecule has 0 amide bonds. The van der Waals surface area contributed by atoms with E-state index in [9.17, 15) is 50.4 Å². The maximum atomic E-state index is 16.5. The van der Waals surface area contributed by atoms with Crippen molar-refractivity contribution in [3.05, 3.63) is 70.8 Å². The number of hydrogen-bond acceptors (Lipinski definition) is 13. The number of phenolic OH excluding ortho intramolecular Hbond substituents is 4. The van der Waals surface area contributed by atoms with E-state index in [-0.39, 0.29) is 92.3 Å². The summed E-state index contributed by atoms with van der Waals surface area (Å²) >= 11 is 0. The van der Waals surface area contributed by atoms with E-state index in [1.807, 2.05) is 0 Å². The molecule has 0 unspecified atom stereocenters. The number of phenols is 4. The first-order valence-electron chi connectivity index (χ1n) is 35.6. The van der Waals surface area contributed by atoms with Crippen LogP contribution in [0.3, 0.4) is 0 Å². The summed E-state index contributed by atoms with van der Waals surface area (Å²) in [5.74, 6) is -8.04. The van der Waals surface area contributed by atoms with Crippen molar-refractivity contribution < 1.29 is 74.2 Å². The van der Waals surface area contributed by atoms with Crippen LogP contribution in [0.25, 0.3) is 0 Å². The number of esters is 2. The van der Waals surface area contributed by atoms with Crippen LogP contribution in [0.4, 0.5) is 0 Å². The molecular formula is C78H108O15. The maximum absolute atomic E-state index is 16.5. The second-order valence-electron chi connectivity index (χ2n) is 36.3. The number of hydrogen-bond donors (Lipinski definition) is 8. The lowest BCUT2D eigenvalue weighted by atomic mass is 9.33. The van der Waals surface area contributed by atoms with E-state index in [2.05, 4.69) is 95.2 Å². The van der Waals surface area contributed by atoms with Crippen LogP contribution in [-0.2, 0) is 33.4 Å². The summed E-state index contributed by atoms with van der Waals surface area (Å²) in [5, 5.41) is 90.3. The third kappa shape index (κ3) is 9.34. The van der Waals surface area contributed by atoms with Gasteiger partial charge in [-0.3, -0.25) is 19.2 Å². The van der Waals surface area contributed by atoms with Gasteiger partial charge in [-0.2, -0.15) is 0 Å². The van der Waals surface area contributed by atoms with E-state index in [1.54, 1.807) is 0 Å². The van der Waals surface area contributed by atoms with Gasteiger partial charge in [-0.05, 0) is 243 Å². The van der Waals surface area contributed by atoms with Crippen LogP contribution in [0, 0.1) is 112 Å². The third-order valence-corrected chi connectivity index (χ3v) is 30.9. The zero-order valence-corrected chi connectivity index (χ0v) is 57.5. The number of fused-ring (bicyclic) bond motifs is 14. The minimum absolute atomic E-state index is 0.0808. The highest BCUT2D eigenvalue weighted by Gasteiger charge is 2.74. The molecule has 0 bridgehead atoms. The van der Waals surface area contributed by atoms with Gasteiger partial charge >= 0.3 is 23.9 Å². The van der Waals surface area contributed by atoms with Gasteiger partial charge < -0.3 is 55.1 Å². The Balaban J connectivity index is 0.928. The minimum Gasteiger partial charge on any atom is -0.504 e. The molecule has 10 aliphatic carbocycles. The highest BCUT2D eigenvalue weighted by atomic mass is 16.6. The summed E-state index contributed by atoms with van der Waals surface area (Å²) in [4.78, 5) is 61.1. The van der Waals surface area contributed by atoms with Gasteiger partial charge in [0.05, 0.1) is 35.2 Å². The molecule has 0 radical (unpaired) electrons. The molecule has 2 aromatic carbocycles. The van der Waals surface area contributed by atoms with Crippen molar-refractivity contribution in [2.45, 2.75) is 236 Å². The predicted molar refractivity (Wildman–Crippen MR) is 349 cm³/mol. The van der Waals surface area contributed by atoms with Gasteiger partial charge in [0.2, 0.25) is 0 Å². The van der Waals surface area contributed by atoms with Gasteiger partial charge in [0.1, 0.15) is 25.0 Å². The first-order chi connectivity index (χ1) is 43.4. The van der Waals surface area contributed by atoms with Gasteiger partial charge in [0.15, 0.2) is 23.0 Å². The summed E-state index contributed by atoms with van der Waals surface area (Å²) in [5.41, 5.74) is -3.66. The van der Waals surface area contributed by atoms with Crippen LogP contribution < -0.4 is 0 Å². The van der Waals surface area contributed by atoms with Gasteiger partial charge in [0, 0.05) is 10.8 Å². The Kier molecular flexibility index (Phi) is 15.5. The number of benzene rings is 2. The molecule has 20 atom stereocenters. The summed E-state index contributed by atoms with van der Waals surface area (Å²) < 4.78 is 21.3. The number of rotatable bonds is 10. The number of aliphatic hydroxyl groups excluding tert-OH is 2. The van der Waals surface area contributed by atoms with Crippen molar-refractivity contribution >= 4 is 23.9 Å². The fraction of sp³-hybridized carbons (Fsp3) is 0.744. The topological polar surface area (TPSA) is 258 Å². The second kappa shape index (κ2) is 21.7. The molecule has 0 spiro atoms. The highest BCUT2D eigenvalue weighted by molar-refractivity contribution is 5.85. The van der Waals surface area contributed by atoms with Gasteiger partial charge in [-0.15, -0.1) is 0 Å². The SMILES string of the molecule is CC1(C)CC[C@]2(C(=O)O)CC[C@]3(COC(=O)[C@@H]4[C@H](C(=O)OC[C@@]56CC[C@@]7(C(=O)O)CCC(C)(C)C[C@H]7C5=CC[C@@H]5[C@@]7(C)CC[C@H](O)C(C)(C)[C@@H]7CC[C@]56C)[C@@H](c5ccc(O)c(O)c5)O[C@H]4c4ccc(O)c(O)c4)C(=CC[C@@H]4[C@@]5(C)CC[C@H](O)C(C)(C)[C@@H]5CC[C@]43C)[C@@H]2C1. The van der Waals surface area contributed by atoms with Crippen LogP contribution in [0.5, 0.6) is 23.0 Å². The molecule has 1 aliphatic heterocycles. The van der Waals surface area contributed by atoms with E-state index < -0.39 is 116 Å². The number of carbonyl (C=O) groups is 4. The molecule has 2 aromatic rings. The molecule has 93 heavy (non-hydrogen) atoms. The zero-order valence-electron chi connectivity index (χ0n) is 57.5. The van der Waals surface area contributed by atoms with Crippen LogP contribution in [0.15, 0.2) is 59.7 Å². The Morgan fingerprint density at radius 3 is 1.18 bits per heavy atom. The third-order valence-electron chi connectivity index (χ3n) is 30.9. The number of ether oxygens (including phenoxy) is 3. The average Bonchev–Trinajstić information content (AvgIpc) is 1.07. The number of aliphatic hydroxyl groups is 2. The van der Waals surface area contributed by atoms with Crippen LogP contribution in [-0.4, -0.2) is 90.2 Å². The summed E-state index contributed by atoms with van der Waals surface area (Å²) in [6, 6.07) is 8.31. The Morgan fingerprint density at radius 1 is 0.462 bits per heavy atom. The average molecular weight is 1290 g/mol. The molecule has 0 aromatic heterocycles. The van der Waals surface area contributed by atoms with Gasteiger partial charge in [-0.25, -0.2) is 0 Å². The Morgan fingerprint density at radius 2 is 0.828 bits per heavy atom. The largest absolute Gasteiger partial charge is 0.504 e. The van der Waals surface area contributed by atoms with Crippen molar-refractivity contribution in [2.75, 3.05) is 13.2 Å². The highest BCUT2D eigenvalue weighted by Crippen LogP contribution is 2.79. The molecular weight excluding hydrogens is 1180 g/mol. The standard InChI is InChI=1S/C78H108O15/c1-67(2)29-31-75(65(87)88)33-35-77(45(47(75)39-67)15-19-55-71(9)25-23-57(83)69(5,6)53(71)21-27-73(55,77)11)41-91-63(85)59-60(62(44-14-18-50(80)52(82)38-44)93-61(59)43-13-17-49(79)51(81)37-43)64(86)92-42-78-36-34-76(66(89)90)32-30-68(3,4)40-48(76)46(78)16-20-56-72(10)26-24-58(84)70(7,8)54(72)22-28-74(56,78)12/h13-18,37-38,47-48,53-62,79-84H,19-36,39-42H2,1-12H3,(H,87,88)(H,89,90)/t47-,48-,53-,54-,55+,56+,57-,58-,59-,60+,61+,62-,71-,72-,73+,74+,75-,76-,77-,78-/m0/s1. The van der Waals surface area contributed by atoms with Crippen molar-refractivity contribution in [1.82, 2.24) is 0 Å².